The highest BCUT2D eigenvalue weighted by molar-refractivity contribution is 7.14. The number of methoxy groups -OCH3 is 1. The number of hydrogen-bond acceptors (Lipinski definition) is 5. The highest BCUT2D eigenvalue weighted by Crippen LogP contribution is 2.26. The zero-order valence-electron chi connectivity index (χ0n) is 13.6. The first-order valence-electron chi connectivity index (χ1n) is 7.38. The van der Waals surface area contributed by atoms with Crippen LogP contribution < -0.4 is 15.8 Å². The van der Waals surface area contributed by atoms with Crippen LogP contribution in [0.15, 0.2) is 35.8 Å². The summed E-state index contributed by atoms with van der Waals surface area (Å²) in [6.07, 6.45) is 1.64. The van der Waals surface area contributed by atoms with E-state index in [-0.39, 0.29) is 5.91 Å². The number of amides is 2. The molecule has 0 bridgehead atoms. The Bertz CT molecular complexity index is 945. The number of carbonyl (C=O) groups excluding carboxylic acids is 2. The summed E-state index contributed by atoms with van der Waals surface area (Å²) in [6.45, 7) is 1.91. The van der Waals surface area contributed by atoms with Crippen LogP contribution in [0.3, 0.4) is 0 Å². The molecule has 4 N–H and O–H groups in total. The molecular weight excluding hydrogens is 340 g/mol. The topological polar surface area (TPSA) is 110 Å². The van der Waals surface area contributed by atoms with E-state index >= 15 is 0 Å². The van der Waals surface area contributed by atoms with Gasteiger partial charge in [-0.25, -0.2) is 4.98 Å². The Hall–Kier alpha value is -3.13. The summed E-state index contributed by atoms with van der Waals surface area (Å²) in [5.74, 6) is -0.159. The van der Waals surface area contributed by atoms with Gasteiger partial charge in [-0.1, -0.05) is 6.07 Å². The lowest BCUT2D eigenvalue weighted by Gasteiger charge is -2.07. The normalized spacial score (nSPS) is 10.5. The van der Waals surface area contributed by atoms with E-state index in [1.165, 1.54) is 11.3 Å². The molecular formula is C17H16N4O3S. The molecule has 0 aliphatic rings. The summed E-state index contributed by atoms with van der Waals surface area (Å²) >= 11 is 1.29. The molecule has 3 aromatic rings. The van der Waals surface area contributed by atoms with Crippen LogP contribution in [0.2, 0.25) is 0 Å². The molecule has 0 radical (unpaired) electrons. The van der Waals surface area contributed by atoms with Crippen molar-refractivity contribution in [1.29, 1.82) is 0 Å². The van der Waals surface area contributed by atoms with Crippen molar-refractivity contribution < 1.29 is 14.3 Å². The summed E-state index contributed by atoms with van der Waals surface area (Å²) in [5.41, 5.74) is 8.33. The maximum absolute atomic E-state index is 12.4. The third kappa shape index (κ3) is 3.53. The van der Waals surface area contributed by atoms with Gasteiger partial charge in [0.1, 0.15) is 11.4 Å². The van der Waals surface area contributed by atoms with Gasteiger partial charge >= 0.3 is 0 Å². The highest BCUT2D eigenvalue weighted by atomic mass is 32.1. The zero-order valence-corrected chi connectivity index (χ0v) is 14.4. The van der Waals surface area contributed by atoms with Gasteiger partial charge in [-0.2, -0.15) is 0 Å². The van der Waals surface area contributed by atoms with Crippen molar-refractivity contribution in [1.82, 2.24) is 9.97 Å². The van der Waals surface area contributed by atoms with E-state index in [4.69, 9.17) is 10.5 Å². The summed E-state index contributed by atoms with van der Waals surface area (Å²) in [6, 6.07) is 6.86. The Labute approximate surface area is 147 Å². The summed E-state index contributed by atoms with van der Waals surface area (Å²) < 4.78 is 5.24. The van der Waals surface area contributed by atoms with Crippen LogP contribution in [0.5, 0.6) is 5.75 Å². The Morgan fingerprint density at radius 3 is 2.80 bits per heavy atom. The van der Waals surface area contributed by atoms with E-state index in [1.807, 2.05) is 13.0 Å². The van der Waals surface area contributed by atoms with Gasteiger partial charge in [-0.05, 0) is 30.7 Å². The van der Waals surface area contributed by atoms with Gasteiger partial charge in [-0.15, -0.1) is 11.3 Å². The van der Waals surface area contributed by atoms with Gasteiger partial charge in [-0.3, -0.25) is 14.9 Å². The molecule has 0 aliphatic heterocycles. The SMILES string of the molecule is COc1cc(C(=O)Nc2nc(-c3c[nH]c(C(N)=O)c3)cs2)ccc1C. The minimum absolute atomic E-state index is 0.272. The number of rotatable bonds is 5. The lowest BCUT2D eigenvalue weighted by Crippen LogP contribution is -2.12. The van der Waals surface area contributed by atoms with Crippen LogP contribution >= 0.6 is 11.3 Å². The second-order valence-electron chi connectivity index (χ2n) is 5.34. The molecule has 0 saturated heterocycles. The first kappa shape index (κ1) is 16.7. The summed E-state index contributed by atoms with van der Waals surface area (Å²) in [5, 5.41) is 5.01. The predicted molar refractivity (Wildman–Crippen MR) is 96.1 cm³/mol. The number of aromatic nitrogens is 2. The quantitative estimate of drug-likeness (QED) is 0.653. The molecule has 0 spiro atoms. The van der Waals surface area contributed by atoms with Crippen molar-refractivity contribution in [3.8, 4) is 17.0 Å². The fourth-order valence-electron chi connectivity index (χ4n) is 2.28. The van der Waals surface area contributed by atoms with Gasteiger partial charge in [0.15, 0.2) is 5.13 Å². The van der Waals surface area contributed by atoms with E-state index in [9.17, 15) is 9.59 Å². The van der Waals surface area contributed by atoms with Crippen molar-refractivity contribution in [2.45, 2.75) is 6.92 Å². The van der Waals surface area contributed by atoms with Crippen LogP contribution in [0.4, 0.5) is 5.13 Å². The Balaban J connectivity index is 1.76. The number of nitrogens with zero attached hydrogens (tertiary/aromatic N) is 1. The number of nitrogens with two attached hydrogens (primary N) is 1. The number of ether oxygens (including phenoxy) is 1. The van der Waals surface area contributed by atoms with Crippen LogP contribution in [0.1, 0.15) is 26.4 Å². The van der Waals surface area contributed by atoms with Crippen molar-refractivity contribution in [2.24, 2.45) is 5.73 Å². The molecule has 0 aliphatic carbocycles. The second-order valence-corrected chi connectivity index (χ2v) is 6.20. The molecule has 7 nitrogen and oxygen atoms in total. The number of thiazole rings is 1. The van der Waals surface area contributed by atoms with E-state index in [1.54, 1.807) is 36.9 Å². The fourth-order valence-corrected chi connectivity index (χ4v) is 2.99. The lowest BCUT2D eigenvalue weighted by molar-refractivity contribution is 0.0994. The largest absolute Gasteiger partial charge is 0.496 e. The van der Waals surface area contributed by atoms with E-state index in [0.717, 1.165) is 11.1 Å². The first-order valence-corrected chi connectivity index (χ1v) is 8.26. The molecule has 0 saturated carbocycles. The molecule has 25 heavy (non-hydrogen) atoms. The molecule has 2 amide bonds. The molecule has 2 aromatic heterocycles. The van der Waals surface area contributed by atoms with E-state index < -0.39 is 5.91 Å². The minimum atomic E-state index is -0.539. The van der Waals surface area contributed by atoms with Gasteiger partial charge in [0, 0.05) is 22.7 Å². The number of hydrogen-bond donors (Lipinski definition) is 3. The standard InChI is InChI=1S/C17H16N4O3S/c1-9-3-4-10(6-14(9)24-2)16(23)21-17-20-13(8-25-17)11-5-12(15(18)22)19-7-11/h3-8,19H,1-2H3,(H2,18,22)(H,20,21,23). The van der Waals surface area contributed by atoms with Crippen molar-refractivity contribution in [3.05, 3.63) is 52.7 Å². The highest BCUT2D eigenvalue weighted by Gasteiger charge is 2.13. The second kappa shape index (κ2) is 6.78. The van der Waals surface area contributed by atoms with Crippen LogP contribution in [-0.4, -0.2) is 28.9 Å². The van der Waals surface area contributed by atoms with Gasteiger partial charge in [0.25, 0.3) is 11.8 Å². The Morgan fingerprint density at radius 1 is 1.32 bits per heavy atom. The van der Waals surface area contributed by atoms with E-state index in [2.05, 4.69) is 15.3 Å². The van der Waals surface area contributed by atoms with Gasteiger partial charge in [0.2, 0.25) is 0 Å². The average Bonchev–Trinajstić information content (AvgIpc) is 3.24. The number of anilines is 1. The van der Waals surface area contributed by atoms with Gasteiger partial charge < -0.3 is 15.5 Å². The third-order valence-electron chi connectivity index (χ3n) is 3.64. The maximum Gasteiger partial charge on any atom is 0.265 e. The van der Waals surface area contributed by atoms with Crippen molar-refractivity contribution in [2.75, 3.05) is 12.4 Å². The van der Waals surface area contributed by atoms with Crippen LogP contribution in [-0.2, 0) is 0 Å². The predicted octanol–water partition coefficient (Wildman–Crippen LogP) is 2.81. The average molecular weight is 356 g/mol. The fraction of sp³-hybridized carbons (Fsp3) is 0.118. The Morgan fingerprint density at radius 2 is 2.12 bits per heavy atom. The minimum Gasteiger partial charge on any atom is -0.496 e. The van der Waals surface area contributed by atoms with Crippen LogP contribution in [0, 0.1) is 6.92 Å². The number of nitrogens with one attached hydrogen (secondary N) is 2. The first-order chi connectivity index (χ1) is 12.0. The summed E-state index contributed by atoms with van der Waals surface area (Å²) in [4.78, 5) is 30.6. The number of aryl methyl sites for hydroxylation is 1. The number of benzene rings is 1. The smallest absolute Gasteiger partial charge is 0.265 e. The molecule has 0 fully saturated rings. The van der Waals surface area contributed by atoms with E-state index in [0.29, 0.717) is 27.8 Å². The lowest BCUT2D eigenvalue weighted by atomic mass is 10.1. The maximum atomic E-state index is 12.4. The molecule has 0 unspecified atom stereocenters. The number of aromatic amines is 1. The molecule has 1 aromatic carbocycles. The third-order valence-corrected chi connectivity index (χ3v) is 4.40. The van der Waals surface area contributed by atoms with Gasteiger partial charge in [0.05, 0.1) is 12.8 Å². The number of primary amides is 1. The summed E-state index contributed by atoms with van der Waals surface area (Å²) in [7, 11) is 1.56. The number of carbonyl (C=O) groups is 2. The van der Waals surface area contributed by atoms with Crippen molar-refractivity contribution >= 4 is 28.3 Å². The Kier molecular flexibility index (Phi) is 4.53. The van der Waals surface area contributed by atoms with Crippen LogP contribution in [0.25, 0.3) is 11.3 Å². The molecule has 3 rings (SSSR count). The molecule has 8 heteroatoms. The molecule has 2 heterocycles. The van der Waals surface area contributed by atoms with Crippen molar-refractivity contribution in [3.63, 3.8) is 0 Å². The molecule has 0 atom stereocenters. The monoisotopic (exact) mass is 356 g/mol. The molecule has 128 valence electrons. The number of H-pyrrole nitrogens is 1. The zero-order chi connectivity index (χ0) is 18.0.